The molecule has 0 spiro atoms. The summed E-state index contributed by atoms with van der Waals surface area (Å²) in [4.78, 5) is 10.2. The highest BCUT2D eigenvalue weighted by molar-refractivity contribution is 7.11. The molecule has 6 heteroatoms. The van der Waals surface area contributed by atoms with E-state index in [2.05, 4.69) is 53.5 Å². The van der Waals surface area contributed by atoms with Crippen molar-refractivity contribution < 1.29 is 4.74 Å². The van der Waals surface area contributed by atoms with Gasteiger partial charge in [0, 0.05) is 24.2 Å². The number of nitrogens with one attached hydrogen (secondary N) is 2. The minimum Gasteiger partial charge on any atom is -0.376 e. The van der Waals surface area contributed by atoms with E-state index in [1.165, 1.54) is 10.4 Å². The van der Waals surface area contributed by atoms with Crippen LogP contribution in [0.25, 0.3) is 0 Å². The highest BCUT2D eigenvalue weighted by atomic mass is 32.1. The molecule has 1 unspecified atom stereocenters. The van der Waals surface area contributed by atoms with E-state index in [4.69, 9.17) is 4.74 Å². The topological polar surface area (TPSA) is 58.5 Å². The van der Waals surface area contributed by atoms with Crippen LogP contribution < -0.4 is 10.6 Å². The number of nitrogens with zero attached hydrogens (tertiary/aromatic N) is 2. The highest BCUT2D eigenvalue weighted by Crippen LogP contribution is 2.11. The van der Waals surface area contributed by atoms with Crippen LogP contribution in [0.3, 0.4) is 0 Å². The van der Waals surface area contributed by atoms with Gasteiger partial charge in [-0.25, -0.2) is 9.98 Å². The number of aryl methyl sites for hydroxylation is 1. The summed E-state index contributed by atoms with van der Waals surface area (Å²) < 4.78 is 5.80. The molecule has 0 amide bonds. The predicted octanol–water partition coefficient (Wildman–Crippen LogP) is 3.36. The van der Waals surface area contributed by atoms with E-state index in [9.17, 15) is 0 Å². The molecular formula is C19H28N4OS. The average Bonchev–Trinajstić information content (AvgIpc) is 3.04. The molecule has 136 valence electrons. The fourth-order valence-electron chi connectivity index (χ4n) is 2.24. The molecule has 5 nitrogen and oxygen atoms in total. The summed E-state index contributed by atoms with van der Waals surface area (Å²) in [7, 11) is 0. The summed E-state index contributed by atoms with van der Waals surface area (Å²) in [5.41, 5.74) is 1.20. The maximum Gasteiger partial charge on any atom is 0.191 e. The molecule has 0 aliphatic heterocycles. The van der Waals surface area contributed by atoms with Crippen LogP contribution in [0, 0.1) is 12.8 Å². The summed E-state index contributed by atoms with van der Waals surface area (Å²) >= 11 is 1.69. The van der Waals surface area contributed by atoms with E-state index in [1.54, 1.807) is 11.3 Å². The van der Waals surface area contributed by atoms with Crippen molar-refractivity contribution in [2.75, 3.05) is 19.7 Å². The second kappa shape index (κ2) is 10.8. The van der Waals surface area contributed by atoms with Crippen molar-refractivity contribution in [3.8, 4) is 0 Å². The Balaban J connectivity index is 1.71. The van der Waals surface area contributed by atoms with Gasteiger partial charge in [0.05, 0.1) is 19.8 Å². The van der Waals surface area contributed by atoms with Gasteiger partial charge in [0.15, 0.2) is 5.96 Å². The molecule has 0 saturated heterocycles. The van der Waals surface area contributed by atoms with E-state index in [-0.39, 0.29) is 0 Å². The number of thiazole rings is 1. The minimum absolute atomic E-state index is 0.398. The van der Waals surface area contributed by atoms with E-state index < -0.39 is 0 Å². The summed E-state index contributed by atoms with van der Waals surface area (Å²) in [6.45, 7) is 9.93. The van der Waals surface area contributed by atoms with Crippen LogP contribution in [-0.4, -0.2) is 30.6 Å². The SMILES string of the molecule is CCNC(=NCc1ncc(C)s1)NCC(C)COCc1ccccc1. The van der Waals surface area contributed by atoms with Crippen molar-refractivity contribution in [3.05, 3.63) is 52.0 Å². The first-order chi connectivity index (χ1) is 12.2. The van der Waals surface area contributed by atoms with Gasteiger partial charge in [0.2, 0.25) is 0 Å². The first-order valence-electron chi connectivity index (χ1n) is 8.72. The quantitative estimate of drug-likeness (QED) is 0.532. The molecule has 2 aromatic rings. The summed E-state index contributed by atoms with van der Waals surface area (Å²) in [6, 6.07) is 10.3. The van der Waals surface area contributed by atoms with Crippen molar-refractivity contribution >= 4 is 17.3 Å². The first-order valence-corrected chi connectivity index (χ1v) is 9.54. The third-order valence-corrected chi connectivity index (χ3v) is 4.42. The molecule has 1 aromatic carbocycles. The van der Waals surface area contributed by atoms with E-state index in [0.717, 1.165) is 24.1 Å². The molecule has 1 aromatic heterocycles. The van der Waals surface area contributed by atoms with Gasteiger partial charge >= 0.3 is 0 Å². The fourth-order valence-corrected chi connectivity index (χ4v) is 2.96. The van der Waals surface area contributed by atoms with E-state index in [1.807, 2.05) is 24.4 Å². The van der Waals surface area contributed by atoms with E-state index in [0.29, 0.717) is 25.7 Å². The van der Waals surface area contributed by atoms with Crippen molar-refractivity contribution in [1.29, 1.82) is 0 Å². The van der Waals surface area contributed by atoms with Crippen LogP contribution in [-0.2, 0) is 17.9 Å². The Morgan fingerprint density at radius 2 is 2.08 bits per heavy atom. The van der Waals surface area contributed by atoms with Crippen molar-refractivity contribution in [2.45, 2.75) is 33.9 Å². The lowest BCUT2D eigenvalue weighted by atomic mass is 10.2. The summed E-state index contributed by atoms with van der Waals surface area (Å²) in [6.07, 6.45) is 1.89. The molecule has 1 atom stereocenters. The zero-order chi connectivity index (χ0) is 17.9. The van der Waals surface area contributed by atoms with Crippen LogP contribution in [0.2, 0.25) is 0 Å². The van der Waals surface area contributed by atoms with Crippen LogP contribution >= 0.6 is 11.3 Å². The van der Waals surface area contributed by atoms with Gasteiger partial charge in [-0.2, -0.15) is 0 Å². The monoisotopic (exact) mass is 360 g/mol. The van der Waals surface area contributed by atoms with Gasteiger partial charge in [-0.05, 0) is 25.3 Å². The largest absolute Gasteiger partial charge is 0.376 e. The van der Waals surface area contributed by atoms with E-state index >= 15 is 0 Å². The van der Waals surface area contributed by atoms with Crippen molar-refractivity contribution in [1.82, 2.24) is 15.6 Å². The number of ether oxygens (including phenoxy) is 1. The molecule has 0 fully saturated rings. The van der Waals surface area contributed by atoms with Gasteiger partial charge in [0.25, 0.3) is 0 Å². The number of guanidine groups is 1. The smallest absolute Gasteiger partial charge is 0.191 e. The summed E-state index contributed by atoms with van der Waals surface area (Å²) in [5, 5.41) is 7.69. The molecule has 0 aliphatic carbocycles. The molecule has 0 saturated carbocycles. The zero-order valence-corrected chi connectivity index (χ0v) is 16.1. The maximum absolute atomic E-state index is 5.80. The Morgan fingerprint density at radius 1 is 1.28 bits per heavy atom. The fraction of sp³-hybridized carbons (Fsp3) is 0.474. The standard InChI is InChI=1S/C19H28N4OS/c1-4-20-19(23-12-18-21-11-16(3)25-18)22-10-15(2)13-24-14-17-8-6-5-7-9-17/h5-9,11,15H,4,10,12-14H2,1-3H3,(H2,20,22,23). The van der Waals surface area contributed by atoms with Gasteiger partial charge < -0.3 is 15.4 Å². The Kier molecular flexibility index (Phi) is 8.42. The number of aliphatic imine (C=N–C) groups is 1. The van der Waals surface area contributed by atoms with Crippen LogP contribution in [0.15, 0.2) is 41.5 Å². The molecule has 25 heavy (non-hydrogen) atoms. The van der Waals surface area contributed by atoms with Gasteiger partial charge in [-0.3, -0.25) is 0 Å². The second-order valence-corrected chi connectivity index (χ2v) is 7.37. The van der Waals surface area contributed by atoms with Gasteiger partial charge in [-0.1, -0.05) is 37.3 Å². The van der Waals surface area contributed by atoms with Crippen LogP contribution in [0.1, 0.15) is 29.3 Å². The summed E-state index contributed by atoms with van der Waals surface area (Å²) in [5.74, 6) is 1.22. The van der Waals surface area contributed by atoms with Gasteiger partial charge in [0.1, 0.15) is 5.01 Å². The minimum atomic E-state index is 0.398. The number of rotatable bonds is 9. The van der Waals surface area contributed by atoms with Crippen molar-refractivity contribution in [2.24, 2.45) is 10.9 Å². The number of hydrogen-bond donors (Lipinski definition) is 2. The Hall–Kier alpha value is -1.92. The Labute approximate surface area is 154 Å². The molecular weight excluding hydrogens is 332 g/mol. The second-order valence-electron chi connectivity index (χ2n) is 6.05. The molecule has 2 rings (SSSR count). The maximum atomic E-state index is 5.80. The third kappa shape index (κ3) is 7.67. The number of hydrogen-bond acceptors (Lipinski definition) is 4. The molecule has 0 radical (unpaired) electrons. The van der Waals surface area contributed by atoms with Crippen LogP contribution in [0.5, 0.6) is 0 Å². The van der Waals surface area contributed by atoms with Gasteiger partial charge in [-0.15, -0.1) is 11.3 Å². The lowest BCUT2D eigenvalue weighted by Gasteiger charge is -2.16. The Morgan fingerprint density at radius 3 is 2.76 bits per heavy atom. The van der Waals surface area contributed by atoms with Crippen molar-refractivity contribution in [3.63, 3.8) is 0 Å². The molecule has 1 heterocycles. The zero-order valence-electron chi connectivity index (χ0n) is 15.3. The molecule has 0 bridgehead atoms. The highest BCUT2D eigenvalue weighted by Gasteiger charge is 2.05. The lowest BCUT2D eigenvalue weighted by molar-refractivity contribution is 0.0931. The number of benzene rings is 1. The lowest BCUT2D eigenvalue weighted by Crippen LogP contribution is -2.40. The molecule has 2 N–H and O–H groups in total. The number of aromatic nitrogens is 1. The normalized spacial score (nSPS) is 12.8. The Bertz CT molecular complexity index is 642. The molecule has 0 aliphatic rings. The predicted molar refractivity (Wildman–Crippen MR) is 105 cm³/mol. The first kappa shape index (κ1) is 19.4. The average molecular weight is 361 g/mol. The third-order valence-electron chi connectivity index (χ3n) is 3.52. The van der Waals surface area contributed by atoms with Crippen LogP contribution in [0.4, 0.5) is 0 Å².